The number of nitrogens with one attached hydrogen (secondary N) is 1. The number of aromatic nitrogens is 2. The van der Waals surface area contributed by atoms with E-state index in [1.165, 1.54) is 12.8 Å². The predicted octanol–water partition coefficient (Wildman–Crippen LogP) is 1.91. The van der Waals surface area contributed by atoms with Crippen molar-refractivity contribution in [3.8, 4) is 0 Å². The van der Waals surface area contributed by atoms with Crippen LogP contribution in [-0.2, 0) is 0 Å². The van der Waals surface area contributed by atoms with Gasteiger partial charge in [-0.15, -0.1) is 0 Å². The quantitative estimate of drug-likeness (QED) is 0.789. The Balaban J connectivity index is 1.94. The number of nitrogen functional groups attached to an aromatic ring is 1. The van der Waals surface area contributed by atoms with Gasteiger partial charge >= 0.3 is 0 Å². The maximum absolute atomic E-state index is 5.58. The van der Waals surface area contributed by atoms with Crippen LogP contribution in [0.5, 0.6) is 0 Å². The highest BCUT2D eigenvalue weighted by atomic mass is 15.1. The number of anilines is 2. The molecule has 4 heteroatoms. The fourth-order valence-corrected chi connectivity index (χ4v) is 1.83. The highest BCUT2D eigenvalue weighted by Gasteiger charge is 2.45. The molecule has 1 aliphatic carbocycles. The number of hydrogen-bond acceptors (Lipinski definition) is 4. The van der Waals surface area contributed by atoms with Crippen molar-refractivity contribution in [3.63, 3.8) is 0 Å². The largest absolute Gasteiger partial charge is 0.384 e. The first-order valence-electron chi connectivity index (χ1n) is 5.45. The van der Waals surface area contributed by atoms with Gasteiger partial charge in [0.25, 0.3) is 0 Å². The molecule has 0 radical (unpaired) electrons. The summed E-state index contributed by atoms with van der Waals surface area (Å²) >= 11 is 0. The molecular weight excluding hydrogens is 188 g/mol. The topological polar surface area (TPSA) is 63.8 Å². The first kappa shape index (κ1) is 10.2. The second-order valence-corrected chi connectivity index (χ2v) is 4.68. The maximum Gasteiger partial charge on any atom is 0.224 e. The monoisotopic (exact) mass is 206 g/mol. The van der Waals surface area contributed by atoms with Gasteiger partial charge in [-0.2, -0.15) is 4.98 Å². The molecule has 3 N–H and O–H groups in total. The van der Waals surface area contributed by atoms with Crippen LogP contribution in [0.2, 0.25) is 0 Å². The molecule has 0 unspecified atom stereocenters. The first-order chi connectivity index (χ1) is 7.12. The highest BCUT2D eigenvalue weighted by Crippen LogP contribution is 2.51. The summed E-state index contributed by atoms with van der Waals surface area (Å²) in [5, 5.41) is 3.27. The van der Waals surface area contributed by atoms with Crippen LogP contribution in [-0.4, -0.2) is 16.5 Å². The smallest absolute Gasteiger partial charge is 0.224 e. The highest BCUT2D eigenvalue weighted by molar-refractivity contribution is 5.35. The number of nitrogens with two attached hydrogens (primary N) is 1. The molecule has 0 aliphatic heterocycles. The van der Waals surface area contributed by atoms with Crippen LogP contribution in [0.15, 0.2) is 12.3 Å². The summed E-state index contributed by atoms with van der Waals surface area (Å²) in [6, 6.07) is 1.69. The summed E-state index contributed by atoms with van der Waals surface area (Å²) in [4.78, 5) is 8.25. The molecule has 0 saturated heterocycles. The molecule has 2 rings (SSSR count). The first-order valence-corrected chi connectivity index (χ1v) is 5.45. The van der Waals surface area contributed by atoms with Crippen molar-refractivity contribution >= 4 is 11.8 Å². The van der Waals surface area contributed by atoms with Gasteiger partial charge in [0.15, 0.2) is 0 Å². The molecule has 0 bridgehead atoms. The zero-order valence-corrected chi connectivity index (χ0v) is 9.33. The summed E-state index contributed by atoms with van der Waals surface area (Å²) in [5.74, 6) is 1.87. The molecule has 0 amide bonds. The van der Waals surface area contributed by atoms with Gasteiger partial charge in [0.05, 0.1) is 0 Å². The van der Waals surface area contributed by atoms with Gasteiger partial charge in [0.2, 0.25) is 5.95 Å². The number of nitrogens with zero attached hydrogens (tertiary/aromatic N) is 2. The van der Waals surface area contributed by atoms with Gasteiger partial charge in [-0.3, -0.25) is 0 Å². The van der Waals surface area contributed by atoms with E-state index in [1.807, 2.05) is 0 Å². The molecule has 15 heavy (non-hydrogen) atoms. The molecular formula is C11H18N4. The summed E-state index contributed by atoms with van der Waals surface area (Å²) in [6.45, 7) is 5.50. The number of rotatable bonds is 4. The third kappa shape index (κ3) is 2.19. The van der Waals surface area contributed by atoms with Crippen molar-refractivity contribution in [2.24, 2.45) is 11.3 Å². The SMILES string of the molecule is CC(C)C1(CNc2nccc(N)n2)CC1. The lowest BCUT2D eigenvalue weighted by molar-refractivity contribution is 0.379. The van der Waals surface area contributed by atoms with Crippen LogP contribution in [0, 0.1) is 11.3 Å². The lowest BCUT2D eigenvalue weighted by Gasteiger charge is -2.19. The second-order valence-electron chi connectivity index (χ2n) is 4.68. The lowest BCUT2D eigenvalue weighted by atomic mass is 9.92. The van der Waals surface area contributed by atoms with E-state index in [1.54, 1.807) is 12.3 Å². The van der Waals surface area contributed by atoms with Gasteiger partial charge in [-0.25, -0.2) is 4.98 Å². The van der Waals surface area contributed by atoms with Crippen molar-refractivity contribution < 1.29 is 0 Å². The minimum absolute atomic E-state index is 0.466. The molecule has 4 nitrogen and oxygen atoms in total. The van der Waals surface area contributed by atoms with Crippen LogP contribution >= 0.6 is 0 Å². The van der Waals surface area contributed by atoms with E-state index >= 15 is 0 Å². The minimum Gasteiger partial charge on any atom is -0.384 e. The van der Waals surface area contributed by atoms with E-state index in [0.29, 0.717) is 23.1 Å². The molecule has 1 aromatic heterocycles. The fourth-order valence-electron chi connectivity index (χ4n) is 1.83. The average Bonchev–Trinajstić information content (AvgIpc) is 2.96. The molecule has 1 aromatic rings. The zero-order chi connectivity index (χ0) is 10.9. The van der Waals surface area contributed by atoms with Gasteiger partial charge in [0.1, 0.15) is 5.82 Å². The fraction of sp³-hybridized carbons (Fsp3) is 0.636. The molecule has 0 atom stereocenters. The summed E-state index contributed by atoms with van der Waals surface area (Å²) in [6.07, 6.45) is 4.29. The standard InChI is InChI=1S/C11H18N4/c1-8(2)11(4-5-11)7-14-10-13-6-3-9(12)15-10/h3,6,8H,4-5,7H2,1-2H3,(H3,12,13,14,15). The Kier molecular flexibility index (Phi) is 2.50. The van der Waals surface area contributed by atoms with Gasteiger partial charge in [-0.1, -0.05) is 13.8 Å². The van der Waals surface area contributed by atoms with E-state index in [-0.39, 0.29) is 0 Å². The number of hydrogen-bond donors (Lipinski definition) is 2. The van der Waals surface area contributed by atoms with Crippen molar-refractivity contribution in [1.29, 1.82) is 0 Å². The van der Waals surface area contributed by atoms with E-state index in [0.717, 1.165) is 6.54 Å². The Labute approximate surface area is 90.3 Å². The minimum atomic E-state index is 0.466. The molecule has 0 aromatic carbocycles. The molecule has 1 heterocycles. The normalized spacial score (nSPS) is 17.8. The van der Waals surface area contributed by atoms with Crippen molar-refractivity contribution in [2.45, 2.75) is 26.7 Å². The molecule has 82 valence electrons. The van der Waals surface area contributed by atoms with E-state index in [9.17, 15) is 0 Å². The third-order valence-electron chi connectivity index (χ3n) is 3.39. The Morgan fingerprint density at radius 1 is 1.53 bits per heavy atom. The molecule has 1 aliphatic rings. The van der Waals surface area contributed by atoms with Crippen LogP contribution in [0.1, 0.15) is 26.7 Å². The Morgan fingerprint density at radius 3 is 2.80 bits per heavy atom. The van der Waals surface area contributed by atoms with Gasteiger partial charge in [0, 0.05) is 12.7 Å². The third-order valence-corrected chi connectivity index (χ3v) is 3.39. The van der Waals surface area contributed by atoms with Crippen LogP contribution in [0.4, 0.5) is 11.8 Å². The van der Waals surface area contributed by atoms with Crippen LogP contribution < -0.4 is 11.1 Å². The molecule has 1 fully saturated rings. The Hall–Kier alpha value is -1.32. The van der Waals surface area contributed by atoms with Gasteiger partial charge in [-0.05, 0) is 30.2 Å². The van der Waals surface area contributed by atoms with Gasteiger partial charge < -0.3 is 11.1 Å². The summed E-state index contributed by atoms with van der Waals surface area (Å²) in [7, 11) is 0. The van der Waals surface area contributed by atoms with Crippen LogP contribution in [0.3, 0.4) is 0 Å². The van der Waals surface area contributed by atoms with Crippen LogP contribution in [0.25, 0.3) is 0 Å². The van der Waals surface area contributed by atoms with Crippen molar-refractivity contribution in [1.82, 2.24) is 9.97 Å². The summed E-state index contributed by atoms with van der Waals surface area (Å²) in [5.41, 5.74) is 6.05. The van der Waals surface area contributed by atoms with E-state index in [4.69, 9.17) is 5.73 Å². The van der Waals surface area contributed by atoms with Crippen molar-refractivity contribution in [2.75, 3.05) is 17.6 Å². The molecule has 0 spiro atoms. The Bertz CT molecular complexity index is 344. The zero-order valence-electron chi connectivity index (χ0n) is 9.33. The van der Waals surface area contributed by atoms with E-state index in [2.05, 4.69) is 29.1 Å². The maximum atomic E-state index is 5.58. The second kappa shape index (κ2) is 3.68. The lowest BCUT2D eigenvalue weighted by Crippen LogP contribution is -2.21. The summed E-state index contributed by atoms with van der Waals surface area (Å²) < 4.78 is 0. The van der Waals surface area contributed by atoms with Crippen molar-refractivity contribution in [3.05, 3.63) is 12.3 Å². The molecule has 1 saturated carbocycles. The van der Waals surface area contributed by atoms with E-state index < -0.39 is 0 Å². The average molecular weight is 206 g/mol. The predicted molar refractivity (Wildman–Crippen MR) is 61.4 cm³/mol. The Morgan fingerprint density at radius 2 is 2.27 bits per heavy atom.